The second-order valence-electron chi connectivity index (χ2n) is 12.7. The fraction of sp³-hybridized carbons (Fsp3) is 0.897. The smallest absolute Gasteiger partial charge is 0.302 e. The van der Waals surface area contributed by atoms with Crippen LogP contribution in [-0.4, -0.2) is 23.8 Å². The van der Waals surface area contributed by atoms with Gasteiger partial charge in [-0.2, -0.15) is 0 Å². The molecule has 0 aromatic rings. The van der Waals surface area contributed by atoms with E-state index in [0.717, 1.165) is 42.4 Å². The topological polar surface area (TPSA) is 46.5 Å². The van der Waals surface area contributed by atoms with Crippen LogP contribution in [0, 0.1) is 46.3 Å². The molecule has 3 nitrogen and oxygen atoms in total. The van der Waals surface area contributed by atoms with Gasteiger partial charge in [0.15, 0.2) is 0 Å². The second-order valence-corrected chi connectivity index (χ2v) is 12.7. The summed E-state index contributed by atoms with van der Waals surface area (Å²) in [6.07, 6.45) is 16.5. The molecule has 0 aliphatic heterocycles. The number of ether oxygens (including phenoxy) is 1. The van der Waals surface area contributed by atoms with Gasteiger partial charge in [-0.3, -0.25) is 4.79 Å². The van der Waals surface area contributed by atoms with Gasteiger partial charge in [-0.05, 0) is 97.7 Å². The molecule has 4 aliphatic carbocycles. The van der Waals surface area contributed by atoms with Gasteiger partial charge >= 0.3 is 5.97 Å². The highest BCUT2D eigenvalue weighted by Gasteiger charge is 2.59. The standard InChI is InChI=1S/C29H48O3/c1-19(18-30)7-6-8-20(2)25-11-12-26-24-10-9-22-17-23(32-21(3)31)13-15-28(22,4)27(24)14-16-29(25,26)5/h9,19-20,23-27,30H,6-8,10-18H2,1-5H3/t19-,20-,23-,24+,25-,26+,27+,28+,29-/m1/s1. The molecular formula is C29H48O3. The third-order valence-corrected chi connectivity index (χ3v) is 10.8. The van der Waals surface area contributed by atoms with Gasteiger partial charge in [0.05, 0.1) is 0 Å². The number of esters is 1. The number of aliphatic hydroxyl groups is 1. The highest BCUT2D eigenvalue weighted by atomic mass is 16.5. The van der Waals surface area contributed by atoms with Crippen molar-refractivity contribution in [1.82, 2.24) is 0 Å². The molecule has 3 saturated carbocycles. The van der Waals surface area contributed by atoms with Crippen molar-refractivity contribution in [3.8, 4) is 0 Å². The van der Waals surface area contributed by atoms with Crippen LogP contribution in [0.2, 0.25) is 0 Å². The summed E-state index contributed by atoms with van der Waals surface area (Å²) in [4.78, 5) is 11.5. The molecule has 0 heterocycles. The summed E-state index contributed by atoms with van der Waals surface area (Å²) in [7, 11) is 0. The average Bonchev–Trinajstić information content (AvgIpc) is 3.10. The number of carbonyl (C=O) groups excluding carboxylic acids is 1. The Labute approximate surface area is 196 Å². The zero-order chi connectivity index (χ0) is 23.1. The maximum Gasteiger partial charge on any atom is 0.302 e. The van der Waals surface area contributed by atoms with E-state index in [1.807, 2.05) is 0 Å². The molecule has 0 unspecified atom stereocenters. The number of aliphatic hydroxyl groups excluding tert-OH is 1. The third-order valence-electron chi connectivity index (χ3n) is 10.8. The van der Waals surface area contributed by atoms with E-state index in [2.05, 4.69) is 33.8 Å². The lowest BCUT2D eigenvalue weighted by molar-refractivity contribution is -0.148. The molecule has 32 heavy (non-hydrogen) atoms. The summed E-state index contributed by atoms with van der Waals surface area (Å²) in [6.45, 7) is 11.8. The van der Waals surface area contributed by atoms with Crippen molar-refractivity contribution in [3.63, 3.8) is 0 Å². The SMILES string of the molecule is CC(=O)O[C@@H]1CC[C@@]2(C)C(=CC[C@H]3[C@@H]4CC[C@H]([C@H](C)CCC[C@@H](C)CO)[C@@]4(C)CC[C@@H]32)C1. The molecule has 3 heteroatoms. The van der Waals surface area contributed by atoms with Crippen LogP contribution in [0.4, 0.5) is 0 Å². The van der Waals surface area contributed by atoms with Crippen LogP contribution in [0.25, 0.3) is 0 Å². The number of fused-ring (bicyclic) bond motifs is 5. The van der Waals surface area contributed by atoms with Crippen LogP contribution in [0.15, 0.2) is 11.6 Å². The quantitative estimate of drug-likeness (QED) is 0.342. The molecule has 0 bridgehead atoms. The maximum absolute atomic E-state index is 11.5. The number of rotatable bonds is 7. The first-order chi connectivity index (χ1) is 15.2. The lowest BCUT2D eigenvalue weighted by Gasteiger charge is -2.58. The predicted molar refractivity (Wildman–Crippen MR) is 130 cm³/mol. The Balaban J connectivity index is 1.44. The lowest BCUT2D eigenvalue weighted by Crippen LogP contribution is -2.51. The Hall–Kier alpha value is -0.830. The van der Waals surface area contributed by atoms with Gasteiger partial charge in [0, 0.05) is 20.0 Å². The van der Waals surface area contributed by atoms with Crippen LogP contribution in [0.3, 0.4) is 0 Å². The van der Waals surface area contributed by atoms with E-state index in [-0.39, 0.29) is 12.1 Å². The molecule has 4 rings (SSSR count). The van der Waals surface area contributed by atoms with Crippen molar-refractivity contribution in [2.24, 2.45) is 46.3 Å². The van der Waals surface area contributed by atoms with E-state index >= 15 is 0 Å². The van der Waals surface area contributed by atoms with Crippen molar-refractivity contribution >= 4 is 5.97 Å². The van der Waals surface area contributed by atoms with Crippen LogP contribution < -0.4 is 0 Å². The lowest BCUT2D eigenvalue weighted by atomic mass is 9.47. The highest BCUT2D eigenvalue weighted by Crippen LogP contribution is 2.67. The van der Waals surface area contributed by atoms with Gasteiger partial charge in [0.1, 0.15) is 6.10 Å². The second kappa shape index (κ2) is 9.43. The van der Waals surface area contributed by atoms with Crippen molar-refractivity contribution in [2.75, 3.05) is 6.61 Å². The third kappa shape index (κ3) is 4.32. The largest absolute Gasteiger partial charge is 0.462 e. The monoisotopic (exact) mass is 444 g/mol. The minimum atomic E-state index is -0.127. The molecule has 9 atom stereocenters. The first-order valence-electron chi connectivity index (χ1n) is 13.7. The Kier molecular flexibility index (Phi) is 7.16. The molecule has 0 aromatic carbocycles. The van der Waals surface area contributed by atoms with Gasteiger partial charge in [-0.25, -0.2) is 0 Å². The van der Waals surface area contributed by atoms with Crippen LogP contribution in [-0.2, 0) is 9.53 Å². The molecule has 0 spiro atoms. The molecule has 3 fully saturated rings. The van der Waals surface area contributed by atoms with E-state index in [9.17, 15) is 9.90 Å². The Morgan fingerprint density at radius 3 is 2.62 bits per heavy atom. The first kappa shape index (κ1) is 24.3. The van der Waals surface area contributed by atoms with Gasteiger partial charge in [-0.1, -0.05) is 52.2 Å². The molecule has 0 aromatic heterocycles. The van der Waals surface area contributed by atoms with Crippen molar-refractivity contribution in [1.29, 1.82) is 0 Å². The Morgan fingerprint density at radius 2 is 1.91 bits per heavy atom. The molecular weight excluding hydrogens is 396 g/mol. The summed E-state index contributed by atoms with van der Waals surface area (Å²) < 4.78 is 5.61. The van der Waals surface area contributed by atoms with Gasteiger partial charge in [0.2, 0.25) is 0 Å². The minimum Gasteiger partial charge on any atom is -0.462 e. The number of carbonyl (C=O) groups is 1. The zero-order valence-electron chi connectivity index (χ0n) is 21.4. The summed E-state index contributed by atoms with van der Waals surface area (Å²) in [5, 5.41) is 9.35. The summed E-state index contributed by atoms with van der Waals surface area (Å²) >= 11 is 0. The van der Waals surface area contributed by atoms with E-state index in [0.29, 0.717) is 23.4 Å². The number of hydrogen-bond donors (Lipinski definition) is 1. The fourth-order valence-corrected chi connectivity index (χ4v) is 9.02. The van der Waals surface area contributed by atoms with Crippen LogP contribution in [0.5, 0.6) is 0 Å². The molecule has 0 amide bonds. The Bertz CT molecular complexity index is 713. The zero-order valence-corrected chi connectivity index (χ0v) is 21.4. The summed E-state index contributed by atoms with van der Waals surface area (Å²) in [5.74, 6) is 4.54. The van der Waals surface area contributed by atoms with E-state index in [1.165, 1.54) is 57.8 Å². The van der Waals surface area contributed by atoms with Crippen molar-refractivity contribution < 1.29 is 14.6 Å². The number of allylic oxidation sites excluding steroid dienone is 1. The molecule has 0 radical (unpaired) electrons. The van der Waals surface area contributed by atoms with Crippen molar-refractivity contribution in [3.05, 3.63) is 11.6 Å². The van der Waals surface area contributed by atoms with Gasteiger partial charge < -0.3 is 9.84 Å². The maximum atomic E-state index is 11.5. The summed E-state index contributed by atoms with van der Waals surface area (Å²) in [5.41, 5.74) is 2.44. The summed E-state index contributed by atoms with van der Waals surface area (Å²) in [6, 6.07) is 0. The molecule has 4 aliphatic rings. The average molecular weight is 445 g/mol. The number of hydrogen-bond acceptors (Lipinski definition) is 3. The van der Waals surface area contributed by atoms with Crippen molar-refractivity contribution in [2.45, 2.75) is 111 Å². The Morgan fingerprint density at radius 1 is 1.12 bits per heavy atom. The molecule has 182 valence electrons. The fourth-order valence-electron chi connectivity index (χ4n) is 9.02. The molecule has 0 saturated heterocycles. The van der Waals surface area contributed by atoms with Gasteiger partial charge in [0.25, 0.3) is 0 Å². The molecule has 1 N–H and O–H groups in total. The van der Waals surface area contributed by atoms with E-state index < -0.39 is 0 Å². The predicted octanol–water partition coefficient (Wildman–Crippen LogP) is 6.93. The first-order valence-corrected chi connectivity index (χ1v) is 13.7. The highest BCUT2D eigenvalue weighted by molar-refractivity contribution is 5.66. The normalized spacial score (nSPS) is 42.8. The van der Waals surface area contributed by atoms with Gasteiger partial charge in [-0.15, -0.1) is 0 Å². The minimum absolute atomic E-state index is 0.0995. The van der Waals surface area contributed by atoms with Crippen LogP contribution in [0.1, 0.15) is 105 Å². The van der Waals surface area contributed by atoms with E-state index in [4.69, 9.17) is 4.74 Å². The van der Waals surface area contributed by atoms with E-state index in [1.54, 1.807) is 12.5 Å². The van der Waals surface area contributed by atoms with Crippen LogP contribution >= 0.6 is 0 Å².